The lowest BCUT2D eigenvalue weighted by molar-refractivity contribution is -0.144. The molecule has 0 radical (unpaired) electrons. The van der Waals surface area contributed by atoms with Crippen LogP contribution < -0.4 is 9.80 Å². The number of aryl methyl sites for hydroxylation is 1. The standard InChI is InChI=1S/C28H37F3N8O2/c1-4-25(40)37-11-9-35(10-12-37)22-15-38(19(22)3)24-13-23(33-27(34-24)28(29,30)31)36-7-5-20(6-8-36)26-18(2)14-32-39(26)21-16-41-17-21/h4,13-14,19-22H,1,5-12,15-17H2,2-3H3/t19-,22+/m0/s1. The number of piperidine rings is 1. The lowest BCUT2D eigenvalue weighted by Crippen LogP contribution is -2.68. The Morgan fingerprint density at radius 2 is 1.76 bits per heavy atom. The maximum Gasteiger partial charge on any atom is 0.451 e. The molecule has 0 unspecified atom stereocenters. The molecule has 41 heavy (non-hydrogen) atoms. The summed E-state index contributed by atoms with van der Waals surface area (Å²) in [5, 5.41) is 4.58. The van der Waals surface area contributed by atoms with Crippen LogP contribution in [0, 0.1) is 6.92 Å². The van der Waals surface area contributed by atoms with Gasteiger partial charge in [0.15, 0.2) is 0 Å². The van der Waals surface area contributed by atoms with Gasteiger partial charge in [0.25, 0.3) is 0 Å². The third kappa shape index (κ3) is 5.29. The highest BCUT2D eigenvalue weighted by atomic mass is 19.4. The number of carbonyl (C=O) groups excluding carboxylic acids is 1. The zero-order valence-corrected chi connectivity index (χ0v) is 23.6. The van der Waals surface area contributed by atoms with E-state index in [1.54, 1.807) is 11.0 Å². The van der Waals surface area contributed by atoms with Gasteiger partial charge >= 0.3 is 6.18 Å². The molecule has 2 aromatic rings. The molecule has 6 rings (SSSR count). The van der Waals surface area contributed by atoms with Crippen molar-refractivity contribution in [1.82, 2.24) is 29.5 Å². The Kier molecular flexibility index (Phi) is 7.43. The molecular weight excluding hydrogens is 537 g/mol. The van der Waals surface area contributed by atoms with Gasteiger partial charge in [0.1, 0.15) is 11.6 Å². The molecule has 6 heterocycles. The number of piperazine rings is 1. The predicted molar refractivity (Wildman–Crippen MR) is 147 cm³/mol. The number of carbonyl (C=O) groups is 1. The van der Waals surface area contributed by atoms with E-state index in [0.29, 0.717) is 57.6 Å². The molecule has 4 aliphatic heterocycles. The zero-order valence-electron chi connectivity index (χ0n) is 23.6. The van der Waals surface area contributed by atoms with Crippen molar-refractivity contribution in [3.05, 3.63) is 42.0 Å². The molecule has 2 aromatic heterocycles. The van der Waals surface area contributed by atoms with Crippen LogP contribution >= 0.6 is 0 Å². The first-order valence-corrected chi connectivity index (χ1v) is 14.4. The number of aromatic nitrogens is 4. The van der Waals surface area contributed by atoms with Gasteiger partial charge in [-0.15, -0.1) is 0 Å². The minimum absolute atomic E-state index is 0.00928. The molecule has 222 valence electrons. The van der Waals surface area contributed by atoms with Gasteiger partial charge in [-0.3, -0.25) is 14.4 Å². The maximum atomic E-state index is 13.9. The minimum atomic E-state index is -4.64. The van der Waals surface area contributed by atoms with Gasteiger partial charge in [-0.1, -0.05) is 6.58 Å². The average molecular weight is 575 g/mol. The summed E-state index contributed by atoms with van der Waals surface area (Å²) in [6, 6.07) is 2.15. The maximum absolute atomic E-state index is 13.9. The number of anilines is 2. The van der Waals surface area contributed by atoms with E-state index >= 15 is 0 Å². The highest BCUT2D eigenvalue weighted by Crippen LogP contribution is 2.38. The fourth-order valence-corrected chi connectivity index (χ4v) is 6.58. The van der Waals surface area contributed by atoms with Crippen LogP contribution in [0.4, 0.5) is 24.8 Å². The summed E-state index contributed by atoms with van der Waals surface area (Å²) in [6.45, 7) is 13.5. The summed E-state index contributed by atoms with van der Waals surface area (Å²) in [6.07, 6.45) is 0.206. The van der Waals surface area contributed by atoms with E-state index in [-0.39, 0.29) is 30.0 Å². The average Bonchev–Trinajstić information content (AvgIpc) is 3.31. The topological polar surface area (TPSA) is 82.9 Å². The second-order valence-corrected chi connectivity index (χ2v) is 11.5. The third-order valence-corrected chi connectivity index (χ3v) is 9.15. The summed E-state index contributed by atoms with van der Waals surface area (Å²) in [4.78, 5) is 27.8. The van der Waals surface area contributed by atoms with E-state index in [4.69, 9.17) is 4.74 Å². The Labute approximate surface area is 237 Å². The van der Waals surface area contributed by atoms with Crippen molar-refractivity contribution in [3.63, 3.8) is 0 Å². The Morgan fingerprint density at radius 1 is 1.07 bits per heavy atom. The van der Waals surface area contributed by atoms with Crippen LogP contribution in [0.15, 0.2) is 24.9 Å². The van der Waals surface area contributed by atoms with Crippen LogP contribution in [0.2, 0.25) is 0 Å². The number of halogens is 3. The lowest BCUT2D eigenvalue weighted by atomic mass is 9.91. The molecular formula is C28H37F3N8O2. The van der Waals surface area contributed by atoms with Gasteiger partial charge in [0.05, 0.1) is 25.5 Å². The van der Waals surface area contributed by atoms with Gasteiger partial charge in [0, 0.05) is 75.6 Å². The third-order valence-electron chi connectivity index (χ3n) is 9.15. The van der Waals surface area contributed by atoms with Crippen LogP contribution in [0.1, 0.15) is 48.8 Å². The normalized spacial score (nSPS) is 24.8. The van der Waals surface area contributed by atoms with E-state index in [0.717, 1.165) is 31.5 Å². The monoisotopic (exact) mass is 574 g/mol. The smallest absolute Gasteiger partial charge is 0.377 e. The fraction of sp³-hybridized carbons (Fsp3) is 0.643. The Morgan fingerprint density at radius 3 is 2.34 bits per heavy atom. The second kappa shape index (κ2) is 10.9. The molecule has 4 fully saturated rings. The molecule has 4 saturated heterocycles. The highest BCUT2D eigenvalue weighted by molar-refractivity contribution is 5.87. The van der Waals surface area contributed by atoms with Crippen molar-refractivity contribution in [2.75, 3.05) is 68.8 Å². The van der Waals surface area contributed by atoms with Crippen LogP contribution in [0.25, 0.3) is 0 Å². The zero-order chi connectivity index (χ0) is 28.9. The summed E-state index contributed by atoms with van der Waals surface area (Å²) in [7, 11) is 0. The van der Waals surface area contributed by atoms with Gasteiger partial charge in [0.2, 0.25) is 11.7 Å². The summed E-state index contributed by atoms with van der Waals surface area (Å²) >= 11 is 0. The van der Waals surface area contributed by atoms with Crippen molar-refractivity contribution in [2.45, 2.75) is 56.9 Å². The minimum Gasteiger partial charge on any atom is -0.377 e. The summed E-state index contributed by atoms with van der Waals surface area (Å²) in [5.74, 6) is -0.244. The molecule has 0 N–H and O–H groups in total. The molecule has 2 atom stereocenters. The van der Waals surface area contributed by atoms with Crippen molar-refractivity contribution in [1.29, 1.82) is 0 Å². The molecule has 10 nitrogen and oxygen atoms in total. The lowest BCUT2D eigenvalue weighted by Gasteiger charge is -2.53. The number of hydrogen-bond donors (Lipinski definition) is 0. The molecule has 4 aliphatic rings. The fourth-order valence-electron chi connectivity index (χ4n) is 6.58. The van der Waals surface area contributed by atoms with E-state index in [2.05, 4.69) is 38.2 Å². The van der Waals surface area contributed by atoms with Crippen LogP contribution in [0.5, 0.6) is 0 Å². The van der Waals surface area contributed by atoms with Crippen molar-refractivity contribution in [2.24, 2.45) is 0 Å². The molecule has 0 spiro atoms. The van der Waals surface area contributed by atoms with Crippen LogP contribution in [0.3, 0.4) is 0 Å². The van der Waals surface area contributed by atoms with Gasteiger partial charge in [-0.05, 0) is 38.3 Å². The first kappa shape index (κ1) is 28.0. The number of amides is 1. The summed E-state index contributed by atoms with van der Waals surface area (Å²) in [5.41, 5.74) is 2.36. The predicted octanol–water partition coefficient (Wildman–Crippen LogP) is 2.86. The van der Waals surface area contributed by atoms with E-state index in [9.17, 15) is 18.0 Å². The first-order valence-electron chi connectivity index (χ1n) is 14.4. The molecule has 0 aromatic carbocycles. The quantitative estimate of drug-likeness (QED) is 0.488. The van der Waals surface area contributed by atoms with Gasteiger partial charge in [-0.25, -0.2) is 9.97 Å². The van der Waals surface area contributed by atoms with Gasteiger partial charge < -0.3 is 19.4 Å². The first-order chi connectivity index (χ1) is 19.6. The number of ether oxygens (including phenoxy) is 1. The van der Waals surface area contributed by atoms with E-state index < -0.39 is 12.0 Å². The molecule has 0 aliphatic carbocycles. The van der Waals surface area contributed by atoms with Crippen molar-refractivity contribution < 1.29 is 22.7 Å². The number of nitrogens with zero attached hydrogens (tertiary/aromatic N) is 8. The largest absolute Gasteiger partial charge is 0.451 e. The number of hydrogen-bond acceptors (Lipinski definition) is 8. The van der Waals surface area contributed by atoms with Gasteiger partial charge in [-0.2, -0.15) is 18.3 Å². The molecule has 13 heteroatoms. The number of alkyl halides is 3. The Bertz CT molecular complexity index is 1280. The second-order valence-electron chi connectivity index (χ2n) is 11.5. The highest BCUT2D eigenvalue weighted by Gasteiger charge is 2.43. The van der Waals surface area contributed by atoms with Crippen LogP contribution in [-0.2, 0) is 15.7 Å². The summed E-state index contributed by atoms with van der Waals surface area (Å²) < 4.78 is 49.2. The van der Waals surface area contributed by atoms with Crippen LogP contribution in [-0.4, -0.2) is 107 Å². The Hall–Kier alpha value is -3.19. The molecule has 1 amide bonds. The van der Waals surface area contributed by atoms with Crippen molar-refractivity contribution >= 4 is 17.5 Å². The Balaban J connectivity index is 1.14. The molecule has 0 saturated carbocycles. The van der Waals surface area contributed by atoms with E-state index in [1.165, 1.54) is 11.8 Å². The number of rotatable bonds is 6. The molecule has 0 bridgehead atoms. The van der Waals surface area contributed by atoms with E-state index in [1.807, 2.05) is 22.9 Å². The van der Waals surface area contributed by atoms with Crippen molar-refractivity contribution in [3.8, 4) is 0 Å². The SMILES string of the molecule is C=CC(=O)N1CCN([C@@H]2CN(c3cc(N4CCC(c5c(C)cnn5C5COC5)CC4)nc(C(F)(F)F)n3)[C@H]2C)CC1.